The third-order valence-electron chi connectivity index (χ3n) is 1.75. The smallest absolute Gasteiger partial charge is 0.285 e. The number of rotatable bonds is 4. The van der Waals surface area contributed by atoms with Crippen LogP contribution in [0.3, 0.4) is 0 Å². The molecule has 0 aromatic rings. The van der Waals surface area contributed by atoms with Crippen LogP contribution in [0.25, 0.3) is 0 Å². The largest absolute Gasteiger partial charge is 0.454 e. The number of carbonyl (C=O) groups excluding carboxylic acids is 1. The van der Waals surface area contributed by atoms with Gasteiger partial charge in [0.25, 0.3) is 5.78 Å². The van der Waals surface area contributed by atoms with Gasteiger partial charge in [-0.3, -0.25) is 4.79 Å². The van der Waals surface area contributed by atoms with Crippen molar-refractivity contribution in [3.05, 3.63) is 23.3 Å². The second-order valence-corrected chi connectivity index (χ2v) is 3.67. The number of ketones is 1. The first-order valence-corrected chi connectivity index (χ1v) is 4.65. The zero-order chi connectivity index (χ0) is 12.1. The third kappa shape index (κ3) is 6.94. The van der Waals surface area contributed by atoms with Crippen LogP contribution in [0.5, 0.6) is 0 Å². The Morgan fingerprint density at radius 3 is 2.13 bits per heavy atom. The number of hydrogen-bond acceptors (Lipinski definition) is 1. The van der Waals surface area contributed by atoms with Crippen molar-refractivity contribution in [2.45, 2.75) is 39.8 Å². The molecular weight excluding hydrogens is 205 g/mol. The SMILES string of the molecule is CC(C)=CCC/C(C)=C/C(=O)C(F)(F)F. The quantitative estimate of drug-likeness (QED) is 0.520. The summed E-state index contributed by atoms with van der Waals surface area (Å²) in [5.41, 5.74) is 1.57. The van der Waals surface area contributed by atoms with E-state index in [-0.39, 0.29) is 0 Å². The maximum atomic E-state index is 11.9. The molecule has 0 aliphatic rings. The van der Waals surface area contributed by atoms with E-state index in [1.807, 2.05) is 19.9 Å². The lowest BCUT2D eigenvalue weighted by Crippen LogP contribution is -2.20. The number of carbonyl (C=O) groups is 1. The van der Waals surface area contributed by atoms with Gasteiger partial charge in [-0.1, -0.05) is 17.2 Å². The van der Waals surface area contributed by atoms with Crippen LogP contribution < -0.4 is 0 Å². The summed E-state index contributed by atoms with van der Waals surface area (Å²) >= 11 is 0. The molecule has 86 valence electrons. The second-order valence-electron chi connectivity index (χ2n) is 3.67. The van der Waals surface area contributed by atoms with Gasteiger partial charge < -0.3 is 0 Å². The number of hydrogen-bond donors (Lipinski definition) is 0. The molecule has 0 fully saturated rings. The molecule has 4 heteroatoms. The molecule has 0 saturated heterocycles. The minimum atomic E-state index is -4.75. The van der Waals surface area contributed by atoms with Gasteiger partial charge in [0.05, 0.1) is 0 Å². The van der Waals surface area contributed by atoms with Crippen molar-refractivity contribution in [1.82, 2.24) is 0 Å². The summed E-state index contributed by atoms with van der Waals surface area (Å²) in [6.45, 7) is 5.36. The van der Waals surface area contributed by atoms with Gasteiger partial charge in [-0.05, 0) is 39.7 Å². The van der Waals surface area contributed by atoms with Gasteiger partial charge in [0, 0.05) is 0 Å². The molecule has 0 atom stereocenters. The molecule has 1 nitrogen and oxygen atoms in total. The van der Waals surface area contributed by atoms with E-state index in [0.29, 0.717) is 24.5 Å². The Morgan fingerprint density at radius 2 is 1.73 bits per heavy atom. The van der Waals surface area contributed by atoms with Crippen LogP contribution in [0.2, 0.25) is 0 Å². The molecule has 0 saturated carbocycles. The average molecular weight is 220 g/mol. The summed E-state index contributed by atoms with van der Waals surface area (Å²) in [5.74, 6) is -1.78. The molecule has 0 bridgehead atoms. The minimum Gasteiger partial charge on any atom is -0.285 e. The molecule has 0 spiro atoms. The molecule has 0 heterocycles. The highest BCUT2D eigenvalue weighted by molar-refractivity contribution is 5.94. The summed E-state index contributed by atoms with van der Waals surface area (Å²) in [7, 11) is 0. The van der Waals surface area contributed by atoms with Crippen molar-refractivity contribution in [3.8, 4) is 0 Å². The van der Waals surface area contributed by atoms with E-state index >= 15 is 0 Å². The van der Waals surface area contributed by atoms with E-state index in [1.165, 1.54) is 6.92 Å². The third-order valence-corrected chi connectivity index (χ3v) is 1.75. The fourth-order valence-electron chi connectivity index (χ4n) is 0.966. The Morgan fingerprint density at radius 1 is 1.20 bits per heavy atom. The van der Waals surface area contributed by atoms with Crippen LogP contribution in [0.15, 0.2) is 23.3 Å². The van der Waals surface area contributed by atoms with Gasteiger partial charge in [0.1, 0.15) is 0 Å². The second kappa shape index (κ2) is 5.73. The van der Waals surface area contributed by atoms with Crippen molar-refractivity contribution >= 4 is 5.78 Å². The van der Waals surface area contributed by atoms with Crippen LogP contribution in [0.4, 0.5) is 13.2 Å². The molecule has 0 amide bonds. The van der Waals surface area contributed by atoms with E-state index in [4.69, 9.17) is 0 Å². The van der Waals surface area contributed by atoms with Crippen LogP contribution in [-0.4, -0.2) is 12.0 Å². The van der Waals surface area contributed by atoms with Gasteiger partial charge >= 0.3 is 6.18 Å². The molecule has 0 unspecified atom stereocenters. The van der Waals surface area contributed by atoms with E-state index in [9.17, 15) is 18.0 Å². The molecule has 0 aliphatic carbocycles. The Hall–Kier alpha value is -1.06. The lowest BCUT2D eigenvalue weighted by molar-refractivity contribution is -0.165. The van der Waals surface area contributed by atoms with Crippen LogP contribution in [0.1, 0.15) is 33.6 Å². The number of allylic oxidation sites excluding steroid dienone is 4. The van der Waals surface area contributed by atoms with E-state index < -0.39 is 12.0 Å². The molecule has 0 aromatic carbocycles. The summed E-state index contributed by atoms with van der Waals surface area (Å²) in [5, 5.41) is 0. The number of halogens is 3. The zero-order valence-corrected chi connectivity index (χ0v) is 9.11. The highest BCUT2D eigenvalue weighted by Crippen LogP contribution is 2.18. The average Bonchev–Trinajstić information content (AvgIpc) is 2.01. The Bertz CT molecular complexity index is 281. The summed E-state index contributed by atoms with van der Waals surface area (Å²) in [6, 6.07) is 0. The Kier molecular flexibility index (Phi) is 5.33. The van der Waals surface area contributed by atoms with Gasteiger partial charge in [-0.2, -0.15) is 13.2 Å². The standard InChI is InChI=1S/C11H15F3O/c1-8(2)5-4-6-9(3)7-10(15)11(12,13)14/h5,7H,4,6H2,1-3H3/b9-7+. The molecular formula is C11H15F3O. The van der Waals surface area contributed by atoms with Crippen molar-refractivity contribution in [3.63, 3.8) is 0 Å². The first-order valence-electron chi connectivity index (χ1n) is 4.65. The topological polar surface area (TPSA) is 17.1 Å². The highest BCUT2D eigenvalue weighted by atomic mass is 19.4. The Labute approximate surface area is 87.7 Å². The summed E-state index contributed by atoms with van der Waals surface area (Å²) in [4.78, 5) is 10.6. The monoisotopic (exact) mass is 220 g/mol. The minimum absolute atomic E-state index is 0.454. The lowest BCUT2D eigenvalue weighted by atomic mass is 10.1. The maximum Gasteiger partial charge on any atom is 0.454 e. The van der Waals surface area contributed by atoms with E-state index in [1.54, 1.807) is 0 Å². The summed E-state index contributed by atoms with van der Waals surface area (Å²) in [6.07, 6.45) is -1.02. The first kappa shape index (κ1) is 13.9. The van der Waals surface area contributed by atoms with E-state index in [0.717, 1.165) is 5.57 Å². The fraction of sp³-hybridized carbons (Fsp3) is 0.545. The highest BCUT2D eigenvalue weighted by Gasteiger charge is 2.36. The van der Waals surface area contributed by atoms with Gasteiger partial charge in [-0.15, -0.1) is 0 Å². The molecule has 0 aliphatic heterocycles. The molecule has 0 aromatic heterocycles. The molecule has 0 N–H and O–H groups in total. The van der Waals surface area contributed by atoms with Crippen molar-refractivity contribution < 1.29 is 18.0 Å². The van der Waals surface area contributed by atoms with Gasteiger partial charge in [-0.25, -0.2) is 0 Å². The van der Waals surface area contributed by atoms with Crippen molar-refractivity contribution in [2.24, 2.45) is 0 Å². The fourth-order valence-corrected chi connectivity index (χ4v) is 0.966. The molecule has 0 radical (unpaired) electrons. The van der Waals surface area contributed by atoms with Gasteiger partial charge in [0.15, 0.2) is 0 Å². The number of alkyl halides is 3. The summed E-state index contributed by atoms with van der Waals surface area (Å²) < 4.78 is 35.6. The van der Waals surface area contributed by atoms with E-state index in [2.05, 4.69) is 0 Å². The van der Waals surface area contributed by atoms with Crippen LogP contribution >= 0.6 is 0 Å². The molecule has 0 rings (SSSR count). The van der Waals surface area contributed by atoms with Crippen molar-refractivity contribution in [2.75, 3.05) is 0 Å². The Balaban J connectivity index is 4.22. The lowest BCUT2D eigenvalue weighted by Gasteiger charge is -2.02. The normalized spacial score (nSPS) is 12.5. The maximum absolute atomic E-state index is 11.9. The van der Waals surface area contributed by atoms with Gasteiger partial charge in [0.2, 0.25) is 0 Å². The van der Waals surface area contributed by atoms with Crippen molar-refractivity contribution in [1.29, 1.82) is 0 Å². The zero-order valence-electron chi connectivity index (χ0n) is 9.11. The van der Waals surface area contributed by atoms with Crippen LogP contribution in [0, 0.1) is 0 Å². The predicted octanol–water partition coefficient (Wildman–Crippen LogP) is 3.81. The first-order chi connectivity index (χ1) is 6.73. The van der Waals surface area contributed by atoms with Crippen LogP contribution in [-0.2, 0) is 4.79 Å². The predicted molar refractivity (Wildman–Crippen MR) is 53.5 cm³/mol. The molecule has 15 heavy (non-hydrogen) atoms.